The molecular formula is C19H16BrIN2O3. The van der Waals surface area contributed by atoms with E-state index in [2.05, 4.69) is 43.8 Å². The van der Waals surface area contributed by atoms with E-state index in [0.29, 0.717) is 18.0 Å². The van der Waals surface area contributed by atoms with Crippen LogP contribution in [0.4, 0.5) is 5.69 Å². The second-order valence-corrected chi connectivity index (χ2v) is 7.12. The zero-order chi connectivity index (χ0) is 19.1. The number of carbonyl (C=O) groups is 1. The van der Waals surface area contributed by atoms with E-state index in [1.54, 1.807) is 37.4 Å². The average molecular weight is 527 g/mol. The minimum absolute atomic E-state index is 0.00625. The Morgan fingerprint density at radius 3 is 2.58 bits per heavy atom. The third kappa shape index (κ3) is 5.22. The first kappa shape index (κ1) is 20.3. The summed E-state index contributed by atoms with van der Waals surface area (Å²) in [5, 5.41) is 12.1. The van der Waals surface area contributed by atoms with Crippen LogP contribution in [0, 0.1) is 14.9 Å². The van der Waals surface area contributed by atoms with Crippen LogP contribution < -0.4 is 14.8 Å². The molecule has 1 N–H and O–H groups in total. The van der Waals surface area contributed by atoms with Crippen molar-refractivity contribution in [2.24, 2.45) is 0 Å². The fraction of sp³-hybridized carbons (Fsp3) is 0.158. The van der Waals surface area contributed by atoms with E-state index >= 15 is 0 Å². The maximum absolute atomic E-state index is 12.4. The van der Waals surface area contributed by atoms with Gasteiger partial charge in [0.2, 0.25) is 0 Å². The molecule has 0 aliphatic rings. The molecule has 0 aliphatic heterocycles. The molecule has 5 nitrogen and oxygen atoms in total. The first-order valence-corrected chi connectivity index (χ1v) is 9.54. The van der Waals surface area contributed by atoms with E-state index in [-0.39, 0.29) is 5.57 Å². The number of benzene rings is 2. The van der Waals surface area contributed by atoms with Gasteiger partial charge >= 0.3 is 0 Å². The van der Waals surface area contributed by atoms with Crippen LogP contribution in [0.25, 0.3) is 6.08 Å². The molecule has 2 aromatic rings. The Hall–Kier alpha value is -2.05. The number of halogens is 2. The molecule has 1 amide bonds. The van der Waals surface area contributed by atoms with Crippen LogP contribution in [-0.4, -0.2) is 19.6 Å². The molecule has 0 bridgehead atoms. The third-order valence-electron chi connectivity index (χ3n) is 3.32. The normalized spacial score (nSPS) is 10.8. The molecule has 2 aromatic carbocycles. The topological polar surface area (TPSA) is 71.3 Å². The van der Waals surface area contributed by atoms with Crippen molar-refractivity contribution in [3.63, 3.8) is 0 Å². The van der Waals surface area contributed by atoms with Crippen molar-refractivity contribution < 1.29 is 14.3 Å². The van der Waals surface area contributed by atoms with Gasteiger partial charge in [-0.1, -0.05) is 0 Å². The lowest BCUT2D eigenvalue weighted by atomic mass is 10.1. The molecular weight excluding hydrogens is 511 g/mol. The van der Waals surface area contributed by atoms with Gasteiger partial charge in [0.05, 0.1) is 21.8 Å². The molecule has 0 fully saturated rings. The summed E-state index contributed by atoms with van der Waals surface area (Å²) < 4.78 is 12.3. The lowest BCUT2D eigenvalue weighted by molar-refractivity contribution is -0.112. The quantitative estimate of drug-likeness (QED) is 0.326. The van der Waals surface area contributed by atoms with E-state index in [4.69, 9.17) is 9.47 Å². The molecule has 134 valence electrons. The molecule has 0 saturated carbocycles. The van der Waals surface area contributed by atoms with Gasteiger partial charge in [-0.2, -0.15) is 5.26 Å². The largest absolute Gasteiger partial charge is 0.494 e. The number of anilines is 1. The maximum atomic E-state index is 12.4. The molecule has 0 aliphatic carbocycles. The molecule has 0 aromatic heterocycles. The first-order valence-electron chi connectivity index (χ1n) is 7.67. The number of nitrogens with one attached hydrogen (secondary N) is 1. The second-order valence-electron chi connectivity index (χ2n) is 5.10. The minimum Gasteiger partial charge on any atom is -0.494 e. The van der Waals surface area contributed by atoms with Gasteiger partial charge in [0.25, 0.3) is 5.91 Å². The summed E-state index contributed by atoms with van der Waals surface area (Å²) in [6, 6.07) is 12.6. The second kappa shape index (κ2) is 9.59. The first-order chi connectivity index (χ1) is 12.5. The maximum Gasteiger partial charge on any atom is 0.266 e. The lowest BCUT2D eigenvalue weighted by Crippen LogP contribution is -2.13. The smallest absolute Gasteiger partial charge is 0.266 e. The van der Waals surface area contributed by atoms with Crippen LogP contribution >= 0.6 is 38.5 Å². The molecule has 0 atom stereocenters. The van der Waals surface area contributed by atoms with Gasteiger partial charge < -0.3 is 14.8 Å². The van der Waals surface area contributed by atoms with Gasteiger partial charge in [-0.25, -0.2) is 0 Å². The van der Waals surface area contributed by atoms with Crippen molar-refractivity contribution in [2.75, 3.05) is 19.0 Å². The van der Waals surface area contributed by atoms with Crippen LogP contribution in [0.1, 0.15) is 12.5 Å². The highest BCUT2D eigenvalue weighted by atomic mass is 127. The Morgan fingerprint density at radius 2 is 2.04 bits per heavy atom. The van der Waals surface area contributed by atoms with Gasteiger partial charge in [0.15, 0.2) is 0 Å². The van der Waals surface area contributed by atoms with E-state index < -0.39 is 5.91 Å². The van der Waals surface area contributed by atoms with Crippen LogP contribution in [0.2, 0.25) is 0 Å². The number of carbonyl (C=O) groups excluding carboxylic acids is 1. The molecule has 2 rings (SSSR count). The van der Waals surface area contributed by atoms with Crippen LogP contribution in [0.15, 0.2) is 46.4 Å². The highest BCUT2D eigenvalue weighted by molar-refractivity contribution is 14.1. The van der Waals surface area contributed by atoms with E-state index in [1.807, 2.05) is 19.1 Å². The Labute approximate surface area is 174 Å². The summed E-state index contributed by atoms with van der Waals surface area (Å²) in [5.41, 5.74) is 1.32. The highest BCUT2D eigenvalue weighted by Crippen LogP contribution is 2.32. The summed E-state index contributed by atoms with van der Waals surface area (Å²) in [6.45, 7) is 2.47. The molecule has 0 heterocycles. The van der Waals surface area contributed by atoms with Gasteiger partial charge in [0, 0.05) is 5.69 Å². The van der Waals surface area contributed by atoms with Gasteiger partial charge in [-0.05, 0) is 93.5 Å². The summed E-state index contributed by atoms with van der Waals surface area (Å²) in [5.74, 6) is 0.956. The highest BCUT2D eigenvalue weighted by Gasteiger charge is 2.12. The minimum atomic E-state index is -0.474. The summed E-state index contributed by atoms with van der Waals surface area (Å²) >= 11 is 5.56. The monoisotopic (exact) mass is 526 g/mol. The van der Waals surface area contributed by atoms with Crippen LogP contribution in [-0.2, 0) is 4.79 Å². The van der Waals surface area contributed by atoms with Crippen molar-refractivity contribution in [1.29, 1.82) is 5.26 Å². The standard InChI is InChI=1S/C19H16BrIN2O3/c1-3-26-15-6-4-14(5-7-15)23-19(24)13(11-22)8-12-9-16(20)18(25-2)17(21)10-12/h4-10H,3H2,1-2H3,(H,23,24)/b13-8-. The Balaban J connectivity index is 2.20. The lowest BCUT2D eigenvalue weighted by Gasteiger charge is -2.08. The molecule has 0 unspecified atom stereocenters. The number of methoxy groups -OCH3 is 1. The summed E-state index contributed by atoms with van der Waals surface area (Å²) in [7, 11) is 1.59. The zero-order valence-corrected chi connectivity index (χ0v) is 17.9. The Bertz CT molecular complexity index is 850. The number of amides is 1. The predicted octanol–water partition coefficient (Wildman–Crippen LogP) is 5.01. The molecule has 0 radical (unpaired) electrons. The third-order valence-corrected chi connectivity index (χ3v) is 4.71. The predicted molar refractivity (Wildman–Crippen MR) is 113 cm³/mol. The fourth-order valence-electron chi connectivity index (χ4n) is 2.17. The number of rotatable bonds is 6. The van der Waals surface area contributed by atoms with E-state index in [0.717, 1.165) is 19.4 Å². The van der Waals surface area contributed by atoms with Gasteiger partial charge in [-0.3, -0.25) is 4.79 Å². The molecule has 0 saturated heterocycles. The Morgan fingerprint density at radius 1 is 1.35 bits per heavy atom. The van der Waals surface area contributed by atoms with Crippen LogP contribution in [0.5, 0.6) is 11.5 Å². The number of nitriles is 1. The summed E-state index contributed by atoms with van der Waals surface area (Å²) in [6.07, 6.45) is 1.54. The SMILES string of the molecule is CCOc1ccc(NC(=O)/C(C#N)=C\c2cc(Br)c(OC)c(I)c2)cc1. The van der Waals surface area contributed by atoms with Crippen molar-refractivity contribution in [1.82, 2.24) is 0 Å². The van der Waals surface area contributed by atoms with E-state index in [9.17, 15) is 10.1 Å². The number of hydrogen-bond acceptors (Lipinski definition) is 4. The molecule has 0 spiro atoms. The van der Waals surface area contributed by atoms with Gasteiger partial charge in [-0.15, -0.1) is 0 Å². The zero-order valence-electron chi connectivity index (χ0n) is 14.2. The molecule has 26 heavy (non-hydrogen) atoms. The van der Waals surface area contributed by atoms with Gasteiger partial charge in [0.1, 0.15) is 23.1 Å². The van der Waals surface area contributed by atoms with Crippen molar-refractivity contribution in [2.45, 2.75) is 6.92 Å². The van der Waals surface area contributed by atoms with Crippen molar-refractivity contribution >= 4 is 56.2 Å². The van der Waals surface area contributed by atoms with Crippen LogP contribution in [0.3, 0.4) is 0 Å². The number of hydrogen-bond donors (Lipinski definition) is 1. The van der Waals surface area contributed by atoms with Crippen molar-refractivity contribution in [3.8, 4) is 17.6 Å². The number of ether oxygens (including phenoxy) is 2. The van der Waals surface area contributed by atoms with Crippen molar-refractivity contribution in [3.05, 3.63) is 55.6 Å². The summed E-state index contributed by atoms with van der Waals surface area (Å²) in [4.78, 5) is 12.4. The average Bonchev–Trinajstić information content (AvgIpc) is 2.61. The fourth-order valence-corrected chi connectivity index (χ4v) is 4.05. The number of nitrogens with zero attached hydrogens (tertiary/aromatic N) is 1. The van der Waals surface area contributed by atoms with E-state index in [1.165, 1.54) is 6.08 Å². The Kier molecular flexibility index (Phi) is 7.48. The molecule has 7 heteroatoms.